The second-order valence-electron chi connectivity index (χ2n) is 5.57. The van der Waals surface area contributed by atoms with Crippen molar-refractivity contribution in [2.24, 2.45) is 11.8 Å². The first-order valence-electron chi connectivity index (χ1n) is 6.67. The average molecular weight is 260 g/mol. The van der Waals surface area contributed by atoms with E-state index in [1.165, 1.54) is 12.8 Å². The highest BCUT2D eigenvalue weighted by molar-refractivity contribution is 7.89. The molecule has 100 valence electrons. The van der Waals surface area contributed by atoms with Crippen molar-refractivity contribution in [1.29, 1.82) is 0 Å². The molecule has 17 heavy (non-hydrogen) atoms. The molecule has 0 spiro atoms. The van der Waals surface area contributed by atoms with Crippen LogP contribution in [0.15, 0.2) is 0 Å². The zero-order valence-corrected chi connectivity index (χ0v) is 11.7. The van der Waals surface area contributed by atoms with Crippen LogP contribution in [0.2, 0.25) is 0 Å². The van der Waals surface area contributed by atoms with Crippen molar-refractivity contribution in [3.63, 3.8) is 0 Å². The zero-order valence-electron chi connectivity index (χ0n) is 10.9. The lowest BCUT2D eigenvalue weighted by Crippen LogP contribution is -2.41. The zero-order chi connectivity index (χ0) is 12.5. The molecule has 2 fully saturated rings. The topological polar surface area (TPSA) is 49.4 Å². The van der Waals surface area contributed by atoms with Crippen LogP contribution in [-0.2, 0) is 10.0 Å². The van der Waals surface area contributed by atoms with Crippen LogP contribution in [0.1, 0.15) is 32.6 Å². The van der Waals surface area contributed by atoms with E-state index < -0.39 is 10.0 Å². The van der Waals surface area contributed by atoms with E-state index in [9.17, 15) is 8.42 Å². The number of sulfonamides is 1. The molecular weight excluding hydrogens is 236 g/mol. The normalized spacial score (nSPS) is 25.1. The second-order valence-corrected chi connectivity index (χ2v) is 7.64. The van der Waals surface area contributed by atoms with Gasteiger partial charge in [0.25, 0.3) is 0 Å². The largest absolute Gasteiger partial charge is 0.317 e. The Balaban J connectivity index is 1.92. The van der Waals surface area contributed by atoms with Gasteiger partial charge in [0.2, 0.25) is 10.0 Å². The van der Waals surface area contributed by atoms with Gasteiger partial charge in [-0.25, -0.2) is 12.7 Å². The number of rotatable bonds is 5. The molecule has 5 heteroatoms. The Hall–Kier alpha value is -0.130. The molecular formula is C12H24N2O2S. The van der Waals surface area contributed by atoms with Gasteiger partial charge in [-0.05, 0) is 57.5 Å². The van der Waals surface area contributed by atoms with Crippen LogP contribution in [0, 0.1) is 11.8 Å². The first-order valence-corrected chi connectivity index (χ1v) is 8.28. The minimum atomic E-state index is -3.06. The van der Waals surface area contributed by atoms with Crippen LogP contribution in [0.4, 0.5) is 0 Å². The average Bonchev–Trinajstić information content (AvgIpc) is 3.11. The van der Waals surface area contributed by atoms with Gasteiger partial charge in [-0.1, -0.05) is 0 Å². The predicted octanol–water partition coefficient (Wildman–Crippen LogP) is 1.05. The van der Waals surface area contributed by atoms with Gasteiger partial charge in [0.1, 0.15) is 0 Å². The summed E-state index contributed by atoms with van der Waals surface area (Å²) in [6.07, 6.45) is 4.36. The maximum Gasteiger partial charge on any atom is 0.214 e. The minimum absolute atomic E-state index is 0.182. The van der Waals surface area contributed by atoms with E-state index in [0.29, 0.717) is 17.6 Å². The van der Waals surface area contributed by atoms with Crippen molar-refractivity contribution < 1.29 is 8.42 Å². The third kappa shape index (κ3) is 3.42. The lowest BCUT2D eigenvalue weighted by molar-refractivity contribution is 0.343. The highest BCUT2D eigenvalue weighted by Gasteiger charge is 2.36. The highest BCUT2D eigenvalue weighted by atomic mass is 32.2. The maximum absolute atomic E-state index is 12.3. The fourth-order valence-corrected chi connectivity index (χ4v) is 4.44. The Morgan fingerprint density at radius 1 is 1.24 bits per heavy atom. The Kier molecular flexibility index (Phi) is 4.10. The van der Waals surface area contributed by atoms with Gasteiger partial charge >= 0.3 is 0 Å². The molecule has 4 nitrogen and oxygen atoms in total. The van der Waals surface area contributed by atoms with Gasteiger partial charge in [-0.3, -0.25) is 0 Å². The third-order valence-corrected chi connectivity index (χ3v) is 6.32. The number of nitrogens with zero attached hydrogens (tertiary/aromatic N) is 1. The molecule has 0 aromatic heterocycles. The summed E-state index contributed by atoms with van der Waals surface area (Å²) in [5.41, 5.74) is 0. The van der Waals surface area contributed by atoms with Crippen LogP contribution in [0.5, 0.6) is 0 Å². The Labute approximate surface area is 105 Å². The van der Waals surface area contributed by atoms with Gasteiger partial charge in [0.05, 0.1) is 5.75 Å². The van der Waals surface area contributed by atoms with Crippen molar-refractivity contribution in [2.45, 2.75) is 38.6 Å². The summed E-state index contributed by atoms with van der Waals surface area (Å²) < 4.78 is 26.2. The lowest BCUT2D eigenvalue weighted by Gasteiger charge is -2.28. The molecule has 1 aliphatic carbocycles. The van der Waals surface area contributed by atoms with Gasteiger partial charge < -0.3 is 5.32 Å². The summed E-state index contributed by atoms with van der Waals surface area (Å²) in [6.45, 7) is 3.96. The molecule has 2 aliphatic rings. The highest BCUT2D eigenvalue weighted by Crippen LogP contribution is 2.35. The van der Waals surface area contributed by atoms with Crippen molar-refractivity contribution in [2.75, 3.05) is 25.9 Å². The Morgan fingerprint density at radius 3 is 2.35 bits per heavy atom. The summed E-state index contributed by atoms with van der Waals surface area (Å²) in [5, 5.41) is 3.27. The third-order valence-electron chi connectivity index (χ3n) is 4.22. The van der Waals surface area contributed by atoms with Crippen LogP contribution < -0.4 is 5.32 Å². The Morgan fingerprint density at radius 2 is 1.82 bits per heavy atom. The second kappa shape index (κ2) is 5.24. The van der Waals surface area contributed by atoms with E-state index in [1.807, 2.05) is 6.92 Å². The molecule has 1 unspecified atom stereocenters. The SMILES string of the molecule is CC(C1CC1)N(C)S(=O)(=O)CC1CCNCC1. The van der Waals surface area contributed by atoms with Gasteiger partial charge in [-0.15, -0.1) is 0 Å². The molecule has 1 saturated heterocycles. The maximum atomic E-state index is 12.3. The van der Waals surface area contributed by atoms with Gasteiger partial charge in [0, 0.05) is 13.1 Å². The summed E-state index contributed by atoms with van der Waals surface area (Å²) in [4.78, 5) is 0. The molecule has 0 amide bonds. The molecule has 1 atom stereocenters. The van der Waals surface area contributed by atoms with Crippen LogP contribution >= 0.6 is 0 Å². The van der Waals surface area contributed by atoms with E-state index in [0.717, 1.165) is 25.9 Å². The molecule has 1 heterocycles. The smallest absolute Gasteiger partial charge is 0.214 e. The predicted molar refractivity (Wildman–Crippen MR) is 69.3 cm³/mol. The molecule has 0 bridgehead atoms. The van der Waals surface area contributed by atoms with Crippen LogP contribution in [-0.4, -0.2) is 44.7 Å². The summed E-state index contributed by atoms with van der Waals surface area (Å²) in [7, 11) is -1.31. The van der Waals surface area contributed by atoms with Crippen molar-refractivity contribution in [3.8, 4) is 0 Å². The molecule has 0 aromatic carbocycles. The molecule has 0 aromatic rings. The molecule has 1 aliphatic heterocycles. The van der Waals surface area contributed by atoms with E-state index in [4.69, 9.17) is 0 Å². The number of hydrogen-bond donors (Lipinski definition) is 1. The summed E-state index contributed by atoms with van der Waals surface area (Å²) >= 11 is 0. The fraction of sp³-hybridized carbons (Fsp3) is 1.00. The summed E-state index contributed by atoms with van der Waals surface area (Å²) in [6, 6.07) is 0.182. The number of hydrogen-bond acceptors (Lipinski definition) is 3. The molecule has 1 N–H and O–H groups in total. The van der Waals surface area contributed by atoms with E-state index in [-0.39, 0.29) is 6.04 Å². The molecule has 0 radical (unpaired) electrons. The van der Waals surface area contributed by atoms with Gasteiger partial charge in [0.15, 0.2) is 0 Å². The van der Waals surface area contributed by atoms with Crippen LogP contribution in [0.3, 0.4) is 0 Å². The Bertz CT molecular complexity index is 346. The van der Waals surface area contributed by atoms with Crippen molar-refractivity contribution in [1.82, 2.24) is 9.62 Å². The first-order chi connectivity index (χ1) is 8.00. The number of nitrogens with one attached hydrogen (secondary N) is 1. The monoisotopic (exact) mass is 260 g/mol. The molecule has 2 rings (SSSR count). The van der Waals surface area contributed by atoms with E-state index in [1.54, 1.807) is 11.4 Å². The van der Waals surface area contributed by atoms with E-state index in [2.05, 4.69) is 5.32 Å². The molecule has 1 saturated carbocycles. The number of piperidine rings is 1. The summed E-state index contributed by atoms with van der Waals surface area (Å²) in [5.74, 6) is 1.28. The van der Waals surface area contributed by atoms with Gasteiger partial charge in [-0.2, -0.15) is 0 Å². The van der Waals surface area contributed by atoms with E-state index >= 15 is 0 Å². The quantitative estimate of drug-likeness (QED) is 0.804. The fourth-order valence-electron chi connectivity index (χ4n) is 2.59. The standard InChI is InChI=1S/C12H24N2O2S/c1-10(12-3-4-12)14(2)17(15,16)9-11-5-7-13-8-6-11/h10-13H,3-9H2,1-2H3. The minimum Gasteiger partial charge on any atom is -0.317 e. The lowest BCUT2D eigenvalue weighted by atomic mass is 10.0. The van der Waals surface area contributed by atoms with Crippen LogP contribution in [0.25, 0.3) is 0 Å². The van der Waals surface area contributed by atoms with Crippen molar-refractivity contribution >= 4 is 10.0 Å². The first kappa shape index (κ1) is 13.3. The van der Waals surface area contributed by atoms with Crippen molar-refractivity contribution in [3.05, 3.63) is 0 Å².